The summed E-state index contributed by atoms with van der Waals surface area (Å²) in [4.78, 5) is 20.7. The van der Waals surface area contributed by atoms with Crippen LogP contribution in [-0.4, -0.2) is 54.9 Å². The first-order chi connectivity index (χ1) is 11.6. The Morgan fingerprint density at radius 2 is 1.92 bits per heavy atom. The van der Waals surface area contributed by atoms with E-state index in [1.54, 1.807) is 0 Å². The lowest BCUT2D eigenvalue weighted by molar-refractivity contribution is -0.129. The average molecular weight is 479 g/mol. The molecule has 5 nitrogen and oxygen atoms in total. The first-order valence-electron chi connectivity index (χ1n) is 8.62. The molecule has 0 atom stereocenters. The second-order valence-corrected chi connectivity index (χ2v) is 6.49. The van der Waals surface area contributed by atoms with E-state index in [0.717, 1.165) is 50.0 Å². The van der Waals surface area contributed by atoms with Crippen molar-refractivity contribution in [3.63, 3.8) is 0 Å². The molecule has 25 heavy (non-hydrogen) atoms. The lowest BCUT2D eigenvalue weighted by Crippen LogP contribution is -2.38. The largest absolute Gasteiger partial charge is 0.357 e. The number of nitrogens with one attached hydrogen (secondary N) is 1. The minimum atomic E-state index is 0. The lowest BCUT2D eigenvalue weighted by Gasteiger charge is -2.22. The number of carbonyl (C=O) groups excluding carboxylic acids is 1. The Bertz CT molecular complexity index is 559. The Hall–Kier alpha value is -1.02. The van der Waals surface area contributed by atoms with Crippen molar-refractivity contribution in [1.82, 2.24) is 15.1 Å². The summed E-state index contributed by atoms with van der Waals surface area (Å²) in [7, 11) is 2.00. The van der Waals surface area contributed by atoms with E-state index in [4.69, 9.17) is 11.6 Å². The highest BCUT2D eigenvalue weighted by atomic mass is 127. The Balaban J connectivity index is 0.00000312. The van der Waals surface area contributed by atoms with E-state index in [0.29, 0.717) is 13.0 Å². The first-order valence-corrected chi connectivity index (χ1v) is 8.99. The number of carbonyl (C=O) groups is 1. The average Bonchev–Trinajstić information content (AvgIpc) is 3.10. The van der Waals surface area contributed by atoms with Crippen LogP contribution in [0.3, 0.4) is 0 Å². The molecule has 1 fully saturated rings. The SMILES string of the molecule is CCNC(=NCCC(=O)N1CCCC1)N(C)Cc1ccc(Cl)cc1.I. The molecule has 0 aromatic heterocycles. The zero-order valence-corrected chi connectivity index (χ0v) is 18.1. The van der Waals surface area contributed by atoms with Crippen LogP contribution >= 0.6 is 35.6 Å². The monoisotopic (exact) mass is 478 g/mol. The molecule has 0 aliphatic carbocycles. The molecule has 1 aromatic carbocycles. The number of hydrogen-bond acceptors (Lipinski definition) is 2. The minimum absolute atomic E-state index is 0. The third-order valence-corrected chi connectivity index (χ3v) is 4.33. The van der Waals surface area contributed by atoms with Gasteiger partial charge in [0, 0.05) is 44.7 Å². The van der Waals surface area contributed by atoms with Crippen LogP contribution in [0, 0.1) is 0 Å². The number of nitrogens with zero attached hydrogens (tertiary/aromatic N) is 3. The molecule has 1 aromatic rings. The van der Waals surface area contributed by atoms with Crippen molar-refractivity contribution in [2.24, 2.45) is 4.99 Å². The zero-order chi connectivity index (χ0) is 17.4. The summed E-state index contributed by atoms with van der Waals surface area (Å²) in [5.41, 5.74) is 1.17. The molecule has 1 saturated heterocycles. The van der Waals surface area contributed by atoms with E-state index >= 15 is 0 Å². The van der Waals surface area contributed by atoms with E-state index in [-0.39, 0.29) is 29.9 Å². The summed E-state index contributed by atoms with van der Waals surface area (Å²) in [5.74, 6) is 1.04. The van der Waals surface area contributed by atoms with E-state index < -0.39 is 0 Å². The summed E-state index contributed by atoms with van der Waals surface area (Å²) in [6, 6.07) is 7.81. The molecule has 1 N–H and O–H groups in total. The summed E-state index contributed by atoms with van der Waals surface area (Å²) < 4.78 is 0. The third kappa shape index (κ3) is 7.40. The maximum Gasteiger partial charge on any atom is 0.224 e. The van der Waals surface area contributed by atoms with Crippen LogP contribution in [0.5, 0.6) is 0 Å². The van der Waals surface area contributed by atoms with Crippen molar-refractivity contribution in [3.05, 3.63) is 34.9 Å². The molecular weight excluding hydrogens is 451 g/mol. The molecule has 1 amide bonds. The third-order valence-electron chi connectivity index (χ3n) is 4.08. The van der Waals surface area contributed by atoms with E-state index in [1.165, 1.54) is 5.56 Å². The standard InChI is InChI=1S/C18H27ClN4O.HI/c1-3-20-18(21-11-10-17(24)23-12-4-5-13-23)22(2)14-15-6-8-16(19)9-7-15;/h6-9H,3-5,10-14H2,1-2H3,(H,20,21);1H. The van der Waals surface area contributed by atoms with Crippen LogP contribution in [-0.2, 0) is 11.3 Å². The van der Waals surface area contributed by atoms with Gasteiger partial charge in [0.2, 0.25) is 5.91 Å². The predicted molar refractivity (Wildman–Crippen MR) is 115 cm³/mol. The highest BCUT2D eigenvalue weighted by Crippen LogP contribution is 2.11. The predicted octanol–water partition coefficient (Wildman–Crippen LogP) is 3.37. The van der Waals surface area contributed by atoms with Gasteiger partial charge in [-0.2, -0.15) is 0 Å². The highest BCUT2D eigenvalue weighted by molar-refractivity contribution is 14.0. The summed E-state index contributed by atoms with van der Waals surface area (Å²) >= 11 is 5.93. The van der Waals surface area contributed by atoms with Crippen LogP contribution in [0.2, 0.25) is 5.02 Å². The Morgan fingerprint density at radius 1 is 1.28 bits per heavy atom. The molecule has 0 saturated carbocycles. The van der Waals surface area contributed by atoms with E-state index in [1.807, 2.05) is 43.1 Å². The van der Waals surface area contributed by atoms with Gasteiger partial charge in [0.1, 0.15) is 0 Å². The van der Waals surface area contributed by atoms with Crippen molar-refractivity contribution >= 4 is 47.4 Å². The fourth-order valence-corrected chi connectivity index (χ4v) is 2.92. The summed E-state index contributed by atoms with van der Waals surface area (Å²) in [6.07, 6.45) is 2.73. The van der Waals surface area contributed by atoms with Crippen molar-refractivity contribution in [2.45, 2.75) is 32.7 Å². The quantitative estimate of drug-likeness (QED) is 0.387. The molecule has 140 valence electrons. The highest BCUT2D eigenvalue weighted by Gasteiger charge is 2.17. The van der Waals surface area contributed by atoms with Crippen molar-refractivity contribution in [3.8, 4) is 0 Å². The number of aliphatic imine (C=N–C) groups is 1. The van der Waals surface area contributed by atoms with Crippen LogP contribution in [0.1, 0.15) is 31.7 Å². The van der Waals surface area contributed by atoms with Gasteiger partial charge in [0.15, 0.2) is 5.96 Å². The fourth-order valence-electron chi connectivity index (χ4n) is 2.79. The second kappa shape index (κ2) is 11.6. The number of hydrogen-bond donors (Lipinski definition) is 1. The molecular formula is C18H28ClIN4O. The topological polar surface area (TPSA) is 47.9 Å². The van der Waals surface area contributed by atoms with Crippen LogP contribution in [0.15, 0.2) is 29.3 Å². The van der Waals surface area contributed by atoms with Gasteiger partial charge in [-0.3, -0.25) is 9.79 Å². The first kappa shape index (κ1) is 22.0. The molecule has 1 heterocycles. The number of likely N-dealkylation sites (tertiary alicyclic amines) is 1. The Kier molecular flexibility index (Phi) is 10.2. The Labute approximate surface area is 172 Å². The van der Waals surface area contributed by atoms with Crippen LogP contribution in [0.25, 0.3) is 0 Å². The molecule has 0 bridgehead atoms. The molecule has 0 unspecified atom stereocenters. The smallest absolute Gasteiger partial charge is 0.224 e. The molecule has 0 radical (unpaired) electrons. The van der Waals surface area contributed by atoms with Gasteiger partial charge in [0.05, 0.1) is 6.54 Å². The fraction of sp³-hybridized carbons (Fsp3) is 0.556. The number of rotatable bonds is 6. The van der Waals surface area contributed by atoms with Gasteiger partial charge in [-0.05, 0) is 37.5 Å². The maximum atomic E-state index is 12.1. The molecule has 0 spiro atoms. The van der Waals surface area contributed by atoms with E-state index in [9.17, 15) is 4.79 Å². The summed E-state index contributed by atoms with van der Waals surface area (Å²) in [5, 5.41) is 4.02. The van der Waals surface area contributed by atoms with Gasteiger partial charge < -0.3 is 15.1 Å². The lowest BCUT2D eigenvalue weighted by atomic mass is 10.2. The molecule has 2 rings (SSSR count). The van der Waals surface area contributed by atoms with Gasteiger partial charge in [0.25, 0.3) is 0 Å². The molecule has 7 heteroatoms. The normalized spacial score (nSPS) is 14.2. The van der Waals surface area contributed by atoms with Crippen molar-refractivity contribution in [1.29, 1.82) is 0 Å². The zero-order valence-electron chi connectivity index (χ0n) is 15.0. The van der Waals surface area contributed by atoms with Crippen molar-refractivity contribution in [2.75, 3.05) is 33.2 Å². The number of halogens is 2. The van der Waals surface area contributed by atoms with Crippen molar-refractivity contribution < 1.29 is 4.79 Å². The second-order valence-electron chi connectivity index (χ2n) is 6.06. The van der Waals surface area contributed by atoms with Crippen LogP contribution < -0.4 is 5.32 Å². The molecule has 1 aliphatic rings. The summed E-state index contributed by atoms with van der Waals surface area (Å²) in [6.45, 7) is 5.90. The van der Waals surface area contributed by atoms with Gasteiger partial charge in [-0.15, -0.1) is 24.0 Å². The number of guanidine groups is 1. The van der Waals surface area contributed by atoms with Crippen LogP contribution in [0.4, 0.5) is 0 Å². The van der Waals surface area contributed by atoms with Gasteiger partial charge in [-0.25, -0.2) is 0 Å². The van der Waals surface area contributed by atoms with Gasteiger partial charge >= 0.3 is 0 Å². The Morgan fingerprint density at radius 3 is 2.52 bits per heavy atom. The maximum absolute atomic E-state index is 12.1. The van der Waals surface area contributed by atoms with Gasteiger partial charge in [-0.1, -0.05) is 23.7 Å². The van der Waals surface area contributed by atoms with E-state index in [2.05, 4.69) is 15.2 Å². The minimum Gasteiger partial charge on any atom is -0.357 e. The number of benzene rings is 1. The number of amides is 1. The molecule has 1 aliphatic heterocycles.